The zero-order valence-electron chi connectivity index (χ0n) is 25.4. The van der Waals surface area contributed by atoms with Gasteiger partial charge in [-0.25, -0.2) is 0 Å². The molecule has 0 saturated heterocycles. The van der Waals surface area contributed by atoms with Crippen LogP contribution in [0.1, 0.15) is 63.8 Å². The summed E-state index contributed by atoms with van der Waals surface area (Å²) in [5.41, 5.74) is 5.45. The van der Waals surface area contributed by atoms with E-state index in [1.165, 1.54) is 86.9 Å². The smallest absolute Gasteiger partial charge is 0.00206 e. The monoisotopic (exact) mass is 540 g/mol. The molecule has 0 amide bonds. The van der Waals surface area contributed by atoms with Crippen LogP contribution in [-0.2, 0) is 10.8 Å². The number of rotatable bonds is 2. The van der Waals surface area contributed by atoms with E-state index >= 15 is 0 Å². The van der Waals surface area contributed by atoms with Crippen molar-refractivity contribution in [3.05, 3.63) is 119 Å². The molecule has 0 aliphatic heterocycles. The quantitative estimate of drug-likeness (QED) is 0.151. The van der Waals surface area contributed by atoms with Gasteiger partial charge in [-0.1, -0.05) is 139 Å². The van der Waals surface area contributed by atoms with E-state index in [0.29, 0.717) is 0 Å². The van der Waals surface area contributed by atoms with Gasteiger partial charge in [0.05, 0.1) is 0 Å². The van der Waals surface area contributed by atoms with Crippen LogP contribution in [0.25, 0.3) is 76.8 Å². The lowest BCUT2D eigenvalue weighted by Crippen LogP contribution is -2.12. The van der Waals surface area contributed by atoms with Gasteiger partial charge in [-0.2, -0.15) is 0 Å². The molecule has 0 heterocycles. The summed E-state index contributed by atoms with van der Waals surface area (Å²) in [4.78, 5) is 0. The summed E-state index contributed by atoms with van der Waals surface area (Å²) in [6.07, 6.45) is 4.70. The predicted octanol–water partition coefficient (Wildman–Crippen LogP) is 12.2. The number of hydrogen-bond acceptors (Lipinski definition) is 0. The topological polar surface area (TPSA) is 0 Å². The zero-order valence-corrected chi connectivity index (χ0v) is 25.4. The molecular formula is C42H36. The van der Waals surface area contributed by atoms with Crippen LogP contribution in [0.15, 0.2) is 97.1 Å². The van der Waals surface area contributed by atoms with Gasteiger partial charge in [-0.05, 0) is 110 Å². The van der Waals surface area contributed by atoms with Crippen molar-refractivity contribution in [2.24, 2.45) is 0 Å². The fourth-order valence-electron chi connectivity index (χ4n) is 7.04. The van der Waals surface area contributed by atoms with Crippen LogP contribution in [-0.4, -0.2) is 0 Å². The molecule has 0 saturated carbocycles. The first kappa shape index (κ1) is 25.3. The van der Waals surface area contributed by atoms with Gasteiger partial charge >= 0.3 is 0 Å². The third kappa shape index (κ3) is 3.75. The van der Waals surface area contributed by atoms with Crippen LogP contribution in [0.5, 0.6) is 0 Å². The highest BCUT2D eigenvalue weighted by molar-refractivity contribution is 6.26. The maximum absolute atomic E-state index is 2.45. The minimum Gasteiger partial charge on any atom is -0.0610 e. The highest BCUT2D eigenvalue weighted by Gasteiger charge is 2.21. The van der Waals surface area contributed by atoms with Crippen LogP contribution in [0.4, 0.5) is 0 Å². The predicted molar refractivity (Wildman–Crippen MR) is 187 cm³/mol. The molecule has 0 nitrogen and oxygen atoms in total. The number of hydrogen-bond donors (Lipinski definition) is 0. The molecule has 0 aliphatic carbocycles. The van der Waals surface area contributed by atoms with Gasteiger partial charge in [0, 0.05) is 0 Å². The second kappa shape index (κ2) is 8.55. The second-order valence-corrected chi connectivity index (χ2v) is 14.3. The van der Waals surface area contributed by atoms with E-state index in [2.05, 4.69) is 151 Å². The van der Waals surface area contributed by atoms with Crippen molar-refractivity contribution in [1.29, 1.82) is 0 Å². The lowest BCUT2D eigenvalue weighted by Gasteiger charge is -2.24. The molecule has 0 atom stereocenters. The first-order valence-corrected chi connectivity index (χ1v) is 15.2. The molecule has 0 heteroatoms. The van der Waals surface area contributed by atoms with E-state index in [9.17, 15) is 0 Å². The SMILES string of the molecule is CC(C)(C)c1cc2ccc3cc(C(C)(C)C)cc4c(/C=C/c5ccc6ccc7cccc8ccc5c6c78)cc(c1)c2c34. The third-order valence-corrected chi connectivity index (χ3v) is 9.42. The summed E-state index contributed by atoms with van der Waals surface area (Å²) in [6.45, 7) is 13.9. The molecular weight excluding hydrogens is 504 g/mol. The first-order valence-electron chi connectivity index (χ1n) is 15.2. The first-order chi connectivity index (χ1) is 20.1. The molecule has 8 aromatic rings. The maximum atomic E-state index is 2.45. The van der Waals surface area contributed by atoms with Gasteiger partial charge < -0.3 is 0 Å². The van der Waals surface area contributed by atoms with E-state index in [0.717, 1.165) is 0 Å². The van der Waals surface area contributed by atoms with Crippen molar-refractivity contribution in [2.75, 3.05) is 0 Å². The fraction of sp³-hybridized carbons (Fsp3) is 0.190. The molecule has 0 fully saturated rings. The summed E-state index contributed by atoms with van der Waals surface area (Å²) < 4.78 is 0. The van der Waals surface area contributed by atoms with Crippen LogP contribution >= 0.6 is 0 Å². The van der Waals surface area contributed by atoms with Crippen molar-refractivity contribution in [1.82, 2.24) is 0 Å². The van der Waals surface area contributed by atoms with E-state index < -0.39 is 0 Å². The van der Waals surface area contributed by atoms with Gasteiger partial charge in [0.15, 0.2) is 0 Å². The van der Waals surface area contributed by atoms with Crippen LogP contribution in [0.3, 0.4) is 0 Å². The Kier molecular flexibility index (Phi) is 5.15. The van der Waals surface area contributed by atoms with Crippen molar-refractivity contribution >= 4 is 76.8 Å². The van der Waals surface area contributed by atoms with Crippen molar-refractivity contribution in [2.45, 2.75) is 52.4 Å². The minimum atomic E-state index is 0.0664. The minimum absolute atomic E-state index is 0.0664. The van der Waals surface area contributed by atoms with Crippen molar-refractivity contribution in [3.8, 4) is 0 Å². The molecule has 0 N–H and O–H groups in total. The molecule has 0 unspecified atom stereocenters. The highest BCUT2D eigenvalue weighted by atomic mass is 14.2. The lowest BCUT2D eigenvalue weighted by atomic mass is 9.80. The number of benzene rings is 8. The Bertz CT molecular complexity index is 2330. The van der Waals surface area contributed by atoms with Crippen LogP contribution < -0.4 is 0 Å². The van der Waals surface area contributed by atoms with Gasteiger partial charge in [0.2, 0.25) is 0 Å². The Morgan fingerprint density at radius 3 is 1.55 bits per heavy atom. The standard InChI is InChI=1S/C42H36/c1-41(2,3)33-21-30-16-17-31-22-34(42(4,5)6)24-36-29(20-32(23-33)38(30)40(31)36)15-11-25-10-12-28-14-13-26-8-7-9-27-18-19-35(25)39(28)37(26)27/h7-24H,1-6H3/b15-11+. The molecule has 0 aliphatic rings. The molecule has 0 aromatic heterocycles. The van der Waals surface area contributed by atoms with Gasteiger partial charge in [-0.3, -0.25) is 0 Å². The molecule has 0 radical (unpaired) electrons. The highest BCUT2D eigenvalue weighted by Crippen LogP contribution is 2.42. The summed E-state index contributed by atoms with van der Waals surface area (Å²) >= 11 is 0. The Balaban J connectivity index is 1.41. The van der Waals surface area contributed by atoms with E-state index in [1.54, 1.807) is 0 Å². The second-order valence-electron chi connectivity index (χ2n) is 14.3. The summed E-state index contributed by atoms with van der Waals surface area (Å²) in [7, 11) is 0. The maximum Gasteiger partial charge on any atom is -0.00206 e. The fourth-order valence-corrected chi connectivity index (χ4v) is 7.04. The summed E-state index contributed by atoms with van der Waals surface area (Å²) in [5, 5.41) is 16.1. The average molecular weight is 541 g/mol. The van der Waals surface area contributed by atoms with Gasteiger partial charge in [0.25, 0.3) is 0 Å². The van der Waals surface area contributed by atoms with Gasteiger partial charge in [0.1, 0.15) is 0 Å². The average Bonchev–Trinajstić information content (AvgIpc) is 2.96. The Labute approximate surface area is 247 Å². The third-order valence-electron chi connectivity index (χ3n) is 9.42. The van der Waals surface area contributed by atoms with Crippen LogP contribution in [0.2, 0.25) is 0 Å². The van der Waals surface area contributed by atoms with E-state index in [1.807, 2.05) is 0 Å². The normalized spacial score (nSPS) is 13.4. The Morgan fingerprint density at radius 2 is 0.857 bits per heavy atom. The van der Waals surface area contributed by atoms with E-state index in [-0.39, 0.29) is 10.8 Å². The Morgan fingerprint density at radius 1 is 0.381 bits per heavy atom. The molecule has 8 rings (SSSR count). The summed E-state index contributed by atoms with van der Waals surface area (Å²) in [5.74, 6) is 0. The Hall–Kier alpha value is -4.42. The summed E-state index contributed by atoms with van der Waals surface area (Å²) in [6, 6.07) is 37.1. The largest absolute Gasteiger partial charge is 0.0610 e. The molecule has 204 valence electrons. The molecule has 0 bridgehead atoms. The van der Waals surface area contributed by atoms with Crippen molar-refractivity contribution in [3.63, 3.8) is 0 Å². The van der Waals surface area contributed by atoms with Gasteiger partial charge in [-0.15, -0.1) is 0 Å². The van der Waals surface area contributed by atoms with Crippen LogP contribution in [0, 0.1) is 0 Å². The molecule has 42 heavy (non-hydrogen) atoms. The lowest BCUT2D eigenvalue weighted by molar-refractivity contribution is 0.591. The van der Waals surface area contributed by atoms with Crippen molar-refractivity contribution < 1.29 is 0 Å². The van der Waals surface area contributed by atoms with E-state index in [4.69, 9.17) is 0 Å². The zero-order chi connectivity index (χ0) is 29.0. The molecule has 8 aromatic carbocycles. The molecule has 0 spiro atoms.